The van der Waals surface area contributed by atoms with E-state index in [0.717, 1.165) is 38.1 Å². The molecule has 6 nitrogen and oxygen atoms in total. The molecule has 0 spiro atoms. The van der Waals surface area contributed by atoms with Gasteiger partial charge in [0.2, 0.25) is 0 Å². The Balaban J connectivity index is 1.64. The van der Waals surface area contributed by atoms with Crippen molar-refractivity contribution in [1.82, 2.24) is 19.7 Å². The Bertz CT molecular complexity index is 1000. The van der Waals surface area contributed by atoms with Crippen LogP contribution < -0.4 is 5.32 Å². The topological polar surface area (TPSA) is 72.7 Å². The fourth-order valence-corrected chi connectivity index (χ4v) is 3.38. The van der Waals surface area contributed by atoms with Crippen LogP contribution in [0.3, 0.4) is 0 Å². The molecule has 0 atom stereocenters. The third-order valence-corrected chi connectivity index (χ3v) is 4.77. The number of halogens is 2. The van der Waals surface area contributed by atoms with Crippen molar-refractivity contribution in [3.63, 3.8) is 0 Å². The summed E-state index contributed by atoms with van der Waals surface area (Å²) >= 11 is 5.83. The number of aromatic nitrogens is 4. The van der Waals surface area contributed by atoms with E-state index < -0.39 is 5.82 Å². The van der Waals surface area contributed by atoms with Crippen LogP contribution in [0.25, 0.3) is 11.4 Å². The van der Waals surface area contributed by atoms with Gasteiger partial charge in [0.1, 0.15) is 16.8 Å². The zero-order chi connectivity index (χ0) is 18.8. The summed E-state index contributed by atoms with van der Waals surface area (Å²) in [5.74, 6) is 0.617. The quantitative estimate of drug-likeness (QED) is 0.688. The van der Waals surface area contributed by atoms with Gasteiger partial charge in [-0.05, 0) is 43.2 Å². The van der Waals surface area contributed by atoms with Crippen molar-refractivity contribution >= 4 is 23.2 Å². The second kappa shape index (κ2) is 7.44. The molecule has 1 aliphatic rings. The highest BCUT2D eigenvalue weighted by atomic mass is 35.5. The molecule has 8 heteroatoms. The average Bonchev–Trinajstić information content (AvgIpc) is 2.91. The zero-order valence-electron chi connectivity index (χ0n) is 14.5. The fraction of sp³-hybridized carbons (Fsp3) is 0.263. The molecule has 0 radical (unpaired) electrons. The maximum absolute atomic E-state index is 14.5. The predicted molar refractivity (Wildman–Crippen MR) is 100 cm³/mol. The molecule has 0 bridgehead atoms. The molecule has 0 aliphatic carbocycles. The molecular formula is C19H17ClFN5O. The Hall–Kier alpha value is -2.80. The Morgan fingerprint density at radius 2 is 2.04 bits per heavy atom. The van der Waals surface area contributed by atoms with Gasteiger partial charge < -0.3 is 9.88 Å². The van der Waals surface area contributed by atoms with E-state index in [9.17, 15) is 9.18 Å². The minimum Gasteiger partial charge on any atom is -0.322 e. The van der Waals surface area contributed by atoms with Gasteiger partial charge >= 0.3 is 0 Å². The molecule has 0 saturated carbocycles. The molecule has 3 aromatic rings. The molecule has 1 N–H and O–H groups in total. The van der Waals surface area contributed by atoms with Gasteiger partial charge in [-0.15, -0.1) is 10.2 Å². The summed E-state index contributed by atoms with van der Waals surface area (Å²) in [6.07, 6.45) is 5.49. The maximum atomic E-state index is 14.5. The summed E-state index contributed by atoms with van der Waals surface area (Å²) in [5, 5.41) is 11.4. The highest BCUT2D eigenvalue weighted by Crippen LogP contribution is 2.27. The van der Waals surface area contributed by atoms with Crippen LogP contribution in [-0.2, 0) is 13.0 Å². The second-order valence-electron chi connectivity index (χ2n) is 6.42. The first kappa shape index (κ1) is 17.6. The molecule has 0 fully saturated rings. The van der Waals surface area contributed by atoms with Crippen molar-refractivity contribution in [2.45, 2.75) is 32.2 Å². The third kappa shape index (κ3) is 3.68. The maximum Gasteiger partial charge on any atom is 0.255 e. The molecule has 1 aliphatic heterocycles. The van der Waals surface area contributed by atoms with Gasteiger partial charge in [0.05, 0.1) is 5.56 Å². The molecule has 2 aromatic heterocycles. The van der Waals surface area contributed by atoms with E-state index in [0.29, 0.717) is 22.6 Å². The minimum absolute atomic E-state index is 0.230. The van der Waals surface area contributed by atoms with E-state index in [4.69, 9.17) is 11.6 Å². The smallest absolute Gasteiger partial charge is 0.255 e. The van der Waals surface area contributed by atoms with Gasteiger partial charge in [0.25, 0.3) is 5.91 Å². The Labute approximate surface area is 160 Å². The number of fused-ring (bicyclic) bond motifs is 1. The van der Waals surface area contributed by atoms with Crippen LogP contribution in [-0.4, -0.2) is 25.7 Å². The lowest BCUT2D eigenvalue weighted by atomic mass is 10.1. The highest BCUT2D eigenvalue weighted by Gasteiger charge is 2.19. The number of nitrogens with one attached hydrogen (secondary N) is 1. The fourth-order valence-electron chi connectivity index (χ4n) is 3.21. The highest BCUT2D eigenvalue weighted by molar-refractivity contribution is 6.29. The number of rotatable bonds is 3. The first-order valence-electron chi connectivity index (χ1n) is 8.77. The van der Waals surface area contributed by atoms with Crippen LogP contribution in [0, 0.1) is 5.82 Å². The molecule has 27 heavy (non-hydrogen) atoms. The SMILES string of the molecule is O=C(Nc1ccc(F)c(-c2nnc3n2CCCCC3)c1)c1ccnc(Cl)c1. The lowest BCUT2D eigenvalue weighted by Gasteiger charge is -2.10. The largest absolute Gasteiger partial charge is 0.322 e. The third-order valence-electron chi connectivity index (χ3n) is 4.56. The number of carbonyl (C=O) groups is 1. The van der Waals surface area contributed by atoms with E-state index in [1.165, 1.54) is 24.4 Å². The minimum atomic E-state index is -0.403. The van der Waals surface area contributed by atoms with E-state index >= 15 is 0 Å². The Morgan fingerprint density at radius 3 is 2.89 bits per heavy atom. The van der Waals surface area contributed by atoms with Gasteiger partial charge in [0, 0.05) is 30.4 Å². The van der Waals surface area contributed by atoms with Crippen LogP contribution in [0.1, 0.15) is 35.4 Å². The lowest BCUT2D eigenvalue weighted by molar-refractivity contribution is 0.102. The standard InChI is InChI=1S/C19H17ClFN5O/c20-16-10-12(7-8-22-16)19(27)23-13-5-6-15(21)14(11-13)18-25-24-17-4-2-1-3-9-26(17)18/h5-8,10-11H,1-4,9H2,(H,23,27). The monoisotopic (exact) mass is 385 g/mol. The van der Waals surface area contributed by atoms with Crippen molar-refractivity contribution in [2.75, 3.05) is 5.32 Å². The number of carbonyl (C=O) groups excluding carboxylic acids is 1. The summed E-state index contributed by atoms with van der Waals surface area (Å²) in [4.78, 5) is 16.3. The van der Waals surface area contributed by atoms with Crippen LogP contribution >= 0.6 is 11.6 Å². The molecule has 138 valence electrons. The molecule has 1 amide bonds. The summed E-state index contributed by atoms with van der Waals surface area (Å²) in [6.45, 7) is 0.767. The van der Waals surface area contributed by atoms with Crippen LogP contribution in [0.4, 0.5) is 10.1 Å². The number of amides is 1. The number of hydrogen-bond donors (Lipinski definition) is 1. The van der Waals surface area contributed by atoms with E-state index in [1.54, 1.807) is 12.1 Å². The summed E-state index contributed by atoms with van der Waals surface area (Å²) < 4.78 is 16.5. The van der Waals surface area contributed by atoms with Gasteiger partial charge in [0.15, 0.2) is 5.82 Å². The molecule has 3 heterocycles. The van der Waals surface area contributed by atoms with Gasteiger partial charge in [-0.25, -0.2) is 9.37 Å². The molecule has 0 saturated heterocycles. The summed E-state index contributed by atoms with van der Waals surface area (Å²) in [7, 11) is 0. The number of benzene rings is 1. The summed E-state index contributed by atoms with van der Waals surface area (Å²) in [5.41, 5.74) is 1.16. The molecule has 0 unspecified atom stereocenters. The molecular weight excluding hydrogens is 369 g/mol. The van der Waals surface area contributed by atoms with Crippen LogP contribution in [0.5, 0.6) is 0 Å². The van der Waals surface area contributed by atoms with E-state index in [2.05, 4.69) is 20.5 Å². The number of hydrogen-bond acceptors (Lipinski definition) is 4. The zero-order valence-corrected chi connectivity index (χ0v) is 15.2. The number of pyridine rings is 1. The van der Waals surface area contributed by atoms with Gasteiger partial charge in [-0.2, -0.15) is 0 Å². The molecule has 1 aromatic carbocycles. The van der Waals surface area contributed by atoms with Crippen LogP contribution in [0.2, 0.25) is 5.15 Å². The Morgan fingerprint density at radius 1 is 1.15 bits per heavy atom. The van der Waals surface area contributed by atoms with Gasteiger partial charge in [-0.3, -0.25) is 4.79 Å². The van der Waals surface area contributed by atoms with Crippen molar-refractivity contribution in [3.05, 3.63) is 58.9 Å². The lowest BCUT2D eigenvalue weighted by Crippen LogP contribution is -2.12. The van der Waals surface area contributed by atoms with Crippen molar-refractivity contribution in [1.29, 1.82) is 0 Å². The van der Waals surface area contributed by atoms with E-state index in [1.807, 2.05) is 4.57 Å². The normalized spacial score (nSPS) is 13.7. The average molecular weight is 386 g/mol. The molecule has 4 rings (SSSR count). The summed E-state index contributed by atoms with van der Waals surface area (Å²) in [6, 6.07) is 7.45. The van der Waals surface area contributed by atoms with Crippen molar-refractivity contribution in [2.24, 2.45) is 0 Å². The number of nitrogens with zero attached hydrogens (tertiary/aromatic N) is 4. The predicted octanol–water partition coefficient (Wildman–Crippen LogP) is 4.11. The second-order valence-corrected chi connectivity index (χ2v) is 6.81. The number of anilines is 1. The number of aryl methyl sites for hydroxylation is 1. The Kier molecular flexibility index (Phi) is 4.85. The first-order valence-corrected chi connectivity index (χ1v) is 9.14. The van der Waals surface area contributed by atoms with Gasteiger partial charge in [-0.1, -0.05) is 18.0 Å². The van der Waals surface area contributed by atoms with Crippen molar-refractivity contribution in [3.8, 4) is 11.4 Å². The van der Waals surface area contributed by atoms with Crippen molar-refractivity contribution < 1.29 is 9.18 Å². The van der Waals surface area contributed by atoms with Crippen LogP contribution in [0.15, 0.2) is 36.5 Å². The first-order chi connectivity index (χ1) is 13.1. The van der Waals surface area contributed by atoms with E-state index in [-0.39, 0.29) is 11.1 Å².